The Kier molecular flexibility index (Phi) is 8.67. The van der Waals surface area contributed by atoms with E-state index in [1.54, 1.807) is 44.3 Å². The van der Waals surface area contributed by atoms with Crippen LogP contribution in [0.1, 0.15) is 18.5 Å². The van der Waals surface area contributed by atoms with Crippen LogP contribution < -0.4 is 10.6 Å². The van der Waals surface area contributed by atoms with Crippen molar-refractivity contribution in [2.75, 3.05) is 31.1 Å². The Bertz CT molecular complexity index is 1520. The molecule has 43 heavy (non-hydrogen) atoms. The third-order valence-corrected chi connectivity index (χ3v) is 9.54. The number of carboxylic acids is 1. The first kappa shape index (κ1) is 30.0. The van der Waals surface area contributed by atoms with Crippen molar-refractivity contribution in [1.82, 2.24) is 45.5 Å². The van der Waals surface area contributed by atoms with Crippen LogP contribution in [-0.4, -0.2) is 118 Å². The molecule has 226 valence electrons. The number of hydrogen-bond donors (Lipinski definition) is 3. The highest BCUT2D eigenvalue weighted by Gasteiger charge is 2.54. The molecule has 6 amide bonds. The third kappa shape index (κ3) is 5.79. The normalized spacial score (nSPS) is 20.9. The summed E-state index contributed by atoms with van der Waals surface area (Å²) in [4.78, 5) is 80.2. The van der Waals surface area contributed by atoms with E-state index in [2.05, 4.69) is 26.2 Å². The molecule has 1 aromatic heterocycles. The Morgan fingerprint density at radius 2 is 1.88 bits per heavy atom. The number of tetrazole rings is 1. The number of aliphatic carboxylic acids is 1. The maximum Gasteiger partial charge on any atom is 0.352 e. The van der Waals surface area contributed by atoms with Crippen LogP contribution in [0.25, 0.3) is 0 Å². The van der Waals surface area contributed by atoms with E-state index in [1.807, 2.05) is 0 Å². The van der Waals surface area contributed by atoms with Crippen LogP contribution in [0.3, 0.4) is 0 Å². The molecule has 3 aliphatic rings. The summed E-state index contributed by atoms with van der Waals surface area (Å²) in [6.07, 6.45) is 0. The van der Waals surface area contributed by atoms with E-state index in [9.17, 15) is 33.9 Å². The Balaban J connectivity index is 1.30. The molecule has 2 aromatic rings. The molecule has 5 rings (SSSR count). The van der Waals surface area contributed by atoms with Crippen molar-refractivity contribution < 1.29 is 33.9 Å². The van der Waals surface area contributed by atoms with Crippen LogP contribution in [-0.2, 0) is 31.0 Å². The number of carbonyl (C=O) groups is 6. The van der Waals surface area contributed by atoms with E-state index in [0.717, 1.165) is 9.80 Å². The number of aromatic nitrogens is 4. The molecule has 0 spiro atoms. The number of urea groups is 1. The number of rotatable bonds is 9. The van der Waals surface area contributed by atoms with E-state index in [4.69, 9.17) is 0 Å². The minimum absolute atomic E-state index is 0.0414. The fraction of sp³-hybridized carbons (Fsp3) is 0.400. The summed E-state index contributed by atoms with van der Waals surface area (Å²) in [7, 11) is 1.65. The van der Waals surface area contributed by atoms with Gasteiger partial charge in [-0.3, -0.25) is 29.0 Å². The van der Waals surface area contributed by atoms with Crippen molar-refractivity contribution in [3.8, 4) is 0 Å². The Morgan fingerprint density at radius 3 is 2.53 bits per heavy atom. The quantitative estimate of drug-likeness (QED) is 0.177. The van der Waals surface area contributed by atoms with Gasteiger partial charge >= 0.3 is 23.8 Å². The number of benzene rings is 1. The van der Waals surface area contributed by atoms with Crippen LogP contribution in [0.4, 0.5) is 4.79 Å². The van der Waals surface area contributed by atoms with Gasteiger partial charge in [0.15, 0.2) is 0 Å². The van der Waals surface area contributed by atoms with Crippen molar-refractivity contribution >= 4 is 59.2 Å². The Hall–Kier alpha value is -4.45. The standard InChI is InChI=1S/C25H27N9O7S2/c1-3-32-9-10-33(21(38)20(32)37)24(41)27-15(13-7-5-4-6-8-13)18(35)26-16-19(36)34-17(23(39)40)14(11-42-22(16)34)12-43-25-28-29-30-31(25)2/h4-8,15-16,22H,3,9-12H2,1-2H3,(H,26,35)(H,27,41)(H,39,40)/t15?,16?,22-/m0/s1. The first-order valence-corrected chi connectivity index (χ1v) is 15.2. The van der Waals surface area contributed by atoms with Gasteiger partial charge in [0.25, 0.3) is 5.91 Å². The number of imide groups is 1. The average Bonchev–Trinajstić information content (AvgIpc) is 3.42. The van der Waals surface area contributed by atoms with Gasteiger partial charge in [0.05, 0.1) is 0 Å². The van der Waals surface area contributed by atoms with Crippen molar-refractivity contribution in [2.24, 2.45) is 7.05 Å². The predicted molar refractivity (Wildman–Crippen MR) is 151 cm³/mol. The van der Waals surface area contributed by atoms with Gasteiger partial charge in [0, 0.05) is 38.2 Å². The molecular weight excluding hydrogens is 602 g/mol. The predicted octanol–water partition coefficient (Wildman–Crippen LogP) is -0.818. The van der Waals surface area contributed by atoms with Gasteiger partial charge in [-0.1, -0.05) is 42.1 Å². The summed E-state index contributed by atoms with van der Waals surface area (Å²) in [5.41, 5.74) is 0.740. The minimum Gasteiger partial charge on any atom is -0.477 e. The van der Waals surface area contributed by atoms with Gasteiger partial charge in [0.1, 0.15) is 23.2 Å². The number of nitrogens with one attached hydrogen (secondary N) is 2. The summed E-state index contributed by atoms with van der Waals surface area (Å²) >= 11 is 2.53. The number of likely N-dealkylation sites (N-methyl/N-ethyl adjacent to an activating group) is 1. The average molecular weight is 630 g/mol. The van der Waals surface area contributed by atoms with Crippen LogP contribution in [0.5, 0.6) is 0 Å². The minimum atomic E-state index is -1.31. The summed E-state index contributed by atoms with van der Waals surface area (Å²) in [5, 5.41) is 26.1. The van der Waals surface area contributed by atoms with E-state index in [-0.39, 0.29) is 24.5 Å². The lowest BCUT2D eigenvalue weighted by molar-refractivity contribution is -0.153. The highest BCUT2D eigenvalue weighted by Crippen LogP contribution is 2.41. The monoisotopic (exact) mass is 629 g/mol. The fourth-order valence-electron chi connectivity index (χ4n) is 4.84. The van der Waals surface area contributed by atoms with Crippen molar-refractivity contribution in [1.29, 1.82) is 0 Å². The van der Waals surface area contributed by atoms with Crippen molar-refractivity contribution in [3.63, 3.8) is 0 Å². The van der Waals surface area contributed by atoms with Crippen molar-refractivity contribution in [2.45, 2.75) is 29.5 Å². The smallest absolute Gasteiger partial charge is 0.352 e. The molecule has 3 atom stereocenters. The number of hydrogen-bond acceptors (Lipinski definition) is 11. The van der Waals surface area contributed by atoms with Crippen LogP contribution in [0, 0.1) is 0 Å². The van der Waals surface area contributed by atoms with Gasteiger partial charge in [-0.15, -0.1) is 16.9 Å². The molecule has 2 saturated heterocycles. The zero-order valence-corrected chi connectivity index (χ0v) is 24.6. The lowest BCUT2D eigenvalue weighted by Crippen LogP contribution is -2.71. The molecular formula is C25H27N9O7S2. The molecule has 2 unspecified atom stereocenters. The van der Waals surface area contributed by atoms with Crippen LogP contribution in [0.15, 0.2) is 46.8 Å². The molecule has 16 nitrogen and oxygen atoms in total. The highest BCUT2D eigenvalue weighted by atomic mass is 32.2. The van der Waals surface area contributed by atoms with E-state index < -0.39 is 53.1 Å². The van der Waals surface area contributed by atoms with Crippen LogP contribution >= 0.6 is 23.5 Å². The molecule has 0 aliphatic carbocycles. The van der Waals surface area contributed by atoms with Gasteiger partial charge in [-0.2, -0.15) is 0 Å². The maximum atomic E-state index is 13.5. The molecule has 2 fully saturated rings. The molecule has 1 aromatic carbocycles. The van der Waals surface area contributed by atoms with Gasteiger partial charge in [-0.05, 0) is 28.5 Å². The van der Waals surface area contributed by atoms with Gasteiger partial charge in [0.2, 0.25) is 11.1 Å². The SMILES string of the molecule is CCN1CCN(C(=O)NC(C(=O)NC2C(=O)N3C(C(=O)O)=C(CSc4nnnn4C)CS[C@@H]23)c2ccccc2)C(=O)C1=O. The second-order valence-electron chi connectivity index (χ2n) is 9.66. The fourth-order valence-corrected chi connectivity index (χ4v) is 7.18. The summed E-state index contributed by atoms with van der Waals surface area (Å²) in [5.74, 6) is -3.90. The number of amides is 6. The molecule has 18 heteroatoms. The maximum absolute atomic E-state index is 13.5. The third-order valence-electron chi connectivity index (χ3n) is 7.10. The van der Waals surface area contributed by atoms with E-state index in [0.29, 0.717) is 28.6 Å². The van der Waals surface area contributed by atoms with Gasteiger partial charge in [-0.25, -0.2) is 14.3 Å². The number of β-lactam (4-membered cyclic amide) rings is 1. The number of piperazine rings is 1. The lowest BCUT2D eigenvalue weighted by atomic mass is 10.0. The Morgan fingerprint density at radius 1 is 1.14 bits per heavy atom. The number of fused-ring (bicyclic) bond motifs is 1. The number of carboxylic acid groups (broad SMARTS) is 1. The number of aryl methyl sites for hydroxylation is 1. The first-order chi connectivity index (χ1) is 20.6. The topological polar surface area (TPSA) is 200 Å². The molecule has 4 heterocycles. The molecule has 3 aliphatic heterocycles. The van der Waals surface area contributed by atoms with Crippen LogP contribution in [0.2, 0.25) is 0 Å². The largest absolute Gasteiger partial charge is 0.477 e. The second-order valence-corrected chi connectivity index (χ2v) is 11.7. The number of nitrogens with zero attached hydrogens (tertiary/aromatic N) is 7. The molecule has 0 saturated carbocycles. The van der Waals surface area contributed by atoms with Gasteiger partial charge < -0.3 is 20.6 Å². The first-order valence-electron chi connectivity index (χ1n) is 13.1. The number of thioether (sulfide) groups is 2. The molecule has 0 radical (unpaired) electrons. The second kappa shape index (κ2) is 12.4. The zero-order chi connectivity index (χ0) is 30.8. The lowest BCUT2D eigenvalue weighted by Gasteiger charge is -2.49. The summed E-state index contributed by atoms with van der Waals surface area (Å²) in [6.45, 7) is 2.16. The van der Waals surface area contributed by atoms with E-state index in [1.165, 1.54) is 33.1 Å². The molecule has 3 N–H and O–H groups in total. The summed E-state index contributed by atoms with van der Waals surface area (Å²) in [6, 6.07) is 4.94. The van der Waals surface area contributed by atoms with E-state index >= 15 is 0 Å². The zero-order valence-electron chi connectivity index (χ0n) is 23.0. The summed E-state index contributed by atoms with van der Waals surface area (Å²) < 4.78 is 1.45. The highest BCUT2D eigenvalue weighted by molar-refractivity contribution is 8.01. The molecule has 0 bridgehead atoms. The van der Waals surface area contributed by atoms with Crippen molar-refractivity contribution in [3.05, 3.63) is 47.2 Å². The Labute approximate surface area is 253 Å². The number of carbonyl (C=O) groups excluding carboxylic acids is 5.